The Morgan fingerprint density at radius 2 is 1.58 bits per heavy atom. The summed E-state index contributed by atoms with van der Waals surface area (Å²) in [4.78, 5) is 25.8. The van der Waals surface area contributed by atoms with Gasteiger partial charge in [-0.25, -0.2) is 0 Å². The van der Waals surface area contributed by atoms with Gasteiger partial charge in [-0.1, -0.05) is 35.3 Å². The summed E-state index contributed by atoms with van der Waals surface area (Å²) in [5.74, 6) is -0.548. The Morgan fingerprint density at radius 1 is 1.00 bits per heavy atom. The molecule has 0 bridgehead atoms. The van der Waals surface area contributed by atoms with Crippen LogP contribution in [0, 0.1) is 13.8 Å². The van der Waals surface area contributed by atoms with Crippen molar-refractivity contribution < 1.29 is 9.59 Å². The Labute approximate surface area is 151 Å². The number of nitrogens with one attached hydrogen (secondary N) is 1. The number of benzene rings is 2. The molecule has 0 aliphatic rings. The van der Waals surface area contributed by atoms with Gasteiger partial charge in [0.25, 0.3) is 0 Å². The quantitative estimate of drug-likeness (QED) is 0.861. The van der Waals surface area contributed by atoms with Crippen molar-refractivity contribution in [3.8, 4) is 0 Å². The lowest BCUT2D eigenvalue weighted by Gasteiger charge is -2.23. The predicted molar refractivity (Wildman–Crippen MR) is 99.0 cm³/mol. The minimum absolute atomic E-state index is 0.109. The molecule has 0 fully saturated rings. The lowest BCUT2D eigenvalue weighted by molar-refractivity contribution is -0.120. The average Bonchev–Trinajstić information content (AvgIpc) is 2.52. The zero-order valence-electron chi connectivity index (χ0n) is 13.7. The molecule has 24 heavy (non-hydrogen) atoms. The van der Waals surface area contributed by atoms with Crippen molar-refractivity contribution in [3.05, 3.63) is 57.6 Å². The van der Waals surface area contributed by atoms with Gasteiger partial charge in [0.2, 0.25) is 11.8 Å². The van der Waals surface area contributed by atoms with Crippen LogP contribution in [0.25, 0.3) is 0 Å². The van der Waals surface area contributed by atoms with Crippen LogP contribution in [0.2, 0.25) is 10.0 Å². The van der Waals surface area contributed by atoms with Crippen LogP contribution < -0.4 is 10.2 Å². The third-order valence-electron chi connectivity index (χ3n) is 3.75. The maximum absolute atomic E-state index is 12.4. The minimum Gasteiger partial charge on any atom is -0.324 e. The van der Waals surface area contributed by atoms with Crippen LogP contribution in [-0.2, 0) is 9.59 Å². The maximum atomic E-state index is 12.4. The average molecular weight is 365 g/mol. The third kappa shape index (κ3) is 4.08. The molecule has 0 aromatic heterocycles. The van der Waals surface area contributed by atoms with Crippen molar-refractivity contribution >= 4 is 46.4 Å². The summed E-state index contributed by atoms with van der Waals surface area (Å²) < 4.78 is 0. The van der Waals surface area contributed by atoms with Gasteiger partial charge in [-0.15, -0.1) is 0 Å². The van der Waals surface area contributed by atoms with Crippen molar-refractivity contribution in [1.82, 2.24) is 0 Å². The van der Waals surface area contributed by atoms with E-state index in [9.17, 15) is 9.59 Å². The first-order chi connectivity index (χ1) is 11.3. The first-order valence-electron chi connectivity index (χ1n) is 7.39. The van der Waals surface area contributed by atoms with Gasteiger partial charge in [-0.05, 0) is 49.2 Å². The van der Waals surface area contributed by atoms with Crippen LogP contribution in [0.5, 0.6) is 0 Å². The number of anilines is 2. The van der Waals surface area contributed by atoms with Crippen molar-refractivity contribution in [1.29, 1.82) is 0 Å². The zero-order chi connectivity index (χ0) is 17.9. The van der Waals surface area contributed by atoms with Crippen LogP contribution >= 0.6 is 23.2 Å². The summed E-state index contributed by atoms with van der Waals surface area (Å²) in [6.45, 7) is 4.94. The standard InChI is InChI=1S/C18H18Cl2N2O2/c1-11-14(19)6-4-8-16(11)21-18(24)10-22(13(3)23)17-9-5-7-15(20)12(17)2/h4-9H,10H2,1-3H3,(H,21,24). The number of rotatable bonds is 4. The van der Waals surface area contributed by atoms with Crippen molar-refractivity contribution in [2.45, 2.75) is 20.8 Å². The summed E-state index contributed by atoms with van der Waals surface area (Å²) in [5, 5.41) is 3.91. The molecule has 6 heteroatoms. The van der Waals surface area contributed by atoms with Crippen LogP contribution in [0.3, 0.4) is 0 Å². The molecule has 0 radical (unpaired) electrons. The molecule has 0 heterocycles. The number of carbonyl (C=O) groups excluding carboxylic acids is 2. The second kappa shape index (κ2) is 7.69. The van der Waals surface area contributed by atoms with Gasteiger partial charge < -0.3 is 10.2 Å². The van der Waals surface area contributed by atoms with Gasteiger partial charge in [-0.3, -0.25) is 9.59 Å². The maximum Gasteiger partial charge on any atom is 0.244 e. The SMILES string of the molecule is CC(=O)N(CC(=O)Nc1cccc(Cl)c1C)c1cccc(Cl)c1C. The molecular weight excluding hydrogens is 347 g/mol. The summed E-state index contributed by atoms with van der Waals surface area (Å²) in [5.41, 5.74) is 2.77. The van der Waals surface area contributed by atoms with Crippen LogP contribution in [0.4, 0.5) is 11.4 Å². The Kier molecular flexibility index (Phi) is 5.86. The number of nitrogens with zero attached hydrogens (tertiary/aromatic N) is 1. The molecule has 126 valence electrons. The fraction of sp³-hybridized carbons (Fsp3) is 0.222. The molecule has 0 unspecified atom stereocenters. The van der Waals surface area contributed by atoms with E-state index in [4.69, 9.17) is 23.2 Å². The minimum atomic E-state index is -0.310. The first kappa shape index (κ1) is 18.3. The second-order valence-corrected chi connectivity index (χ2v) is 6.26. The van der Waals surface area contributed by atoms with E-state index in [0.717, 1.165) is 11.1 Å². The fourth-order valence-corrected chi connectivity index (χ4v) is 2.67. The first-order valence-corrected chi connectivity index (χ1v) is 8.15. The highest BCUT2D eigenvalue weighted by Gasteiger charge is 2.19. The molecule has 2 amide bonds. The smallest absolute Gasteiger partial charge is 0.244 e. The summed E-state index contributed by atoms with van der Waals surface area (Å²) in [6.07, 6.45) is 0. The van der Waals surface area contributed by atoms with E-state index >= 15 is 0 Å². The molecule has 0 atom stereocenters. The molecular formula is C18H18Cl2N2O2. The Balaban J connectivity index is 2.22. The van der Waals surface area contributed by atoms with E-state index in [0.29, 0.717) is 21.4 Å². The van der Waals surface area contributed by atoms with E-state index in [1.54, 1.807) is 36.4 Å². The van der Waals surface area contributed by atoms with E-state index < -0.39 is 0 Å². The van der Waals surface area contributed by atoms with Crippen molar-refractivity contribution in [2.75, 3.05) is 16.8 Å². The largest absolute Gasteiger partial charge is 0.324 e. The molecule has 1 N–H and O–H groups in total. The molecule has 0 aliphatic heterocycles. The summed E-state index contributed by atoms with van der Waals surface area (Å²) in [7, 11) is 0. The second-order valence-electron chi connectivity index (χ2n) is 5.45. The van der Waals surface area contributed by atoms with Crippen LogP contribution in [0.15, 0.2) is 36.4 Å². The fourth-order valence-electron chi connectivity index (χ4n) is 2.33. The molecule has 0 aliphatic carbocycles. The highest BCUT2D eigenvalue weighted by Crippen LogP contribution is 2.27. The Morgan fingerprint density at radius 3 is 2.21 bits per heavy atom. The Hall–Kier alpha value is -2.04. The van der Waals surface area contributed by atoms with Gasteiger partial charge in [0.15, 0.2) is 0 Å². The topological polar surface area (TPSA) is 49.4 Å². The van der Waals surface area contributed by atoms with Crippen molar-refractivity contribution in [3.63, 3.8) is 0 Å². The van der Waals surface area contributed by atoms with Gasteiger partial charge in [0.05, 0.1) is 0 Å². The summed E-state index contributed by atoms with van der Waals surface area (Å²) >= 11 is 12.2. The van der Waals surface area contributed by atoms with E-state index in [2.05, 4.69) is 5.32 Å². The molecule has 4 nitrogen and oxygen atoms in total. The normalized spacial score (nSPS) is 10.4. The van der Waals surface area contributed by atoms with E-state index in [1.165, 1.54) is 11.8 Å². The third-order valence-corrected chi connectivity index (χ3v) is 4.57. The monoisotopic (exact) mass is 364 g/mol. The number of hydrogen-bond donors (Lipinski definition) is 1. The highest BCUT2D eigenvalue weighted by atomic mass is 35.5. The molecule has 0 saturated carbocycles. The van der Waals surface area contributed by atoms with Gasteiger partial charge in [0, 0.05) is 28.3 Å². The predicted octanol–water partition coefficient (Wildman–Crippen LogP) is 4.60. The number of hydrogen-bond acceptors (Lipinski definition) is 2. The molecule has 2 aromatic carbocycles. The summed E-state index contributed by atoms with van der Waals surface area (Å²) in [6, 6.07) is 10.5. The lowest BCUT2D eigenvalue weighted by Crippen LogP contribution is -2.37. The van der Waals surface area contributed by atoms with E-state index in [1.807, 2.05) is 13.8 Å². The van der Waals surface area contributed by atoms with E-state index in [-0.39, 0.29) is 18.4 Å². The van der Waals surface area contributed by atoms with Gasteiger partial charge in [0.1, 0.15) is 6.54 Å². The number of carbonyl (C=O) groups is 2. The molecule has 0 saturated heterocycles. The van der Waals surface area contributed by atoms with Crippen molar-refractivity contribution in [2.24, 2.45) is 0 Å². The molecule has 0 spiro atoms. The zero-order valence-corrected chi connectivity index (χ0v) is 15.2. The van der Waals surface area contributed by atoms with Gasteiger partial charge >= 0.3 is 0 Å². The molecule has 2 aromatic rings. The van der Waals surface area contributed by atoms with Gasteiger partial charge in [-0.2, -0.15) is 0 Å². The highest BCUT2D eigenvalue weighted by molar-refractivity contribution is 6.32. The lowest BCUT2D eigenvalue weighted by atomic mass is 10.1. The van der Waals surface area contributed by atoms with Crippen LogP contribution in [0.1, 0.15) is 18.1 Å². The van der Waals surface area contributed by atoms with Crippen LogP contribution in [-0.4, -0.2) is 18.4 Å². The molecule has 2 rings (SSSR count). The Bertz CT molecular complexity index is 791. The number of halogens is 2. The number of amides is 2.